The molecule has 0 radical (unpaired) electrons. The van der Waals surface area contributed by atoms with E-state index in [4.69, 9.17) is 46.4 Å². The number of halogens is 4. The summed E-state index contributed by atoms with van der Waals surface area (Å²) in [6, 6.07) is 9.74. The minimum Gasteiger partial charge on any atom is -0.354 e. The molecule has 0 aliphatic rings. The van der Waals surface area contributed by atoms with Crippen LogP contribution in [-0.2, 0) is 21.9 Å². The van der Waals surface area contributed by atoms with Crippen molar-refractivity contribution in [2.75, 3.05) is 12.3 Å². The third kappa shape index (κ3) is 8.03. The van der Waals surface area contributed by atoms with Crippen molar-refractivity contribution in [3.05, 3.63) is 67.6 Å². The Morgan fingerprint density at radius 1 is 1.00 bits per heavy atom. The Morgan fingerprint density at radius 3 is 2.25 bits per heavy atom. The van der Waals surface area contributed by atoms with Crippen LogP contribution in [0.2, 0.25) is 20.1 Å². The Balaban J connectivity index is 2.14. The fraction of sp³-hybridized carbons (Fsp3) is 0.391. The highest BCUT2D eigenvalue weighted by Crippen LogP contribution is 2.29. The van der Waals surface area contributed by atoms with E-state index < -0.39 is 6.04 Å². The molecule has 32 heavy (non-hydrogen) atoms. The number of hydrogen-bond donors (Lipinski definition) is 1. The Labute approximate surface area is 213 Å². The second kappa shape index (κ2) is 13.0. The Hall–Kier alpha value is -1.11. The van der Waals surface area contributed by atoms with E-state index in [0.29, 0.717) is 43.9 Å². The van der Waals surface area contributed by atoms with E-state index in [9.17, 15) is 9.59 Å². The van der Waals surface area contributed by atoms with Crippen molar-refractivity contribution in [3.8, 4) is 0 Å². The van der Waals surface area contributed by atoms with Crippen molar-refractivity contribution in [2.45, 2.75) is 39.1 Å². The standard InChI is InChI=1S/C23H26Cl4N2O2S/c1-14(2)10-28-23(31)15(3)29(11-16-7-8-17(24)9-21(16)27)22(30)13-32-12-18-19(25)5-4-6-20(18)26/h4-9,14-15H,10-13H2,1-3H3,(H,28,31)/t15-/m1/s1. The first-order valence-electron chi connectivity index (χ1n) is 10.1. The molecule has 9 heteroatoms. The number of nitrogens with one attached hydrogen (secondary N) is 1. The number of rotatable bonds is 10. The molecule has 0 saturated heterocycles. The molecule has 0 unspecified atom stereocenters. The van der Waals surface area contributed by atoms with Crippen molar-refractivity contribution in [3.63, 3.8) is 0 Å². The van der Waals surface area contributed by atoms with Gasteiger partial charge in [-0.15, -0.1) is 11.8 Å². The van der Waals surface area contributed by atoms with E-state index in [1.54, 1.807) is 43.3 Å². The number of hydrogen-bond acceptors (Lipinski definition) is 3. The van der Waals surface area contributed by atoms with Crippen LogP contribution in [0.1, 0.15) is 31.9 Å². The van der Waals surface area contributed by atoms with Crippen molar-refractivity contribution >= 4 is 70.0 Å². The van der Waals surface area contributed by atoms with Gasteiger partial charge in [0.05, 0.1) is 5.75 Å². The van der Waals surface area contributed by atoms with Gasteiger partial charge in [-0.2, -0.15) is 0 Å². The number of amides is 2. The van der Waals surface area contributed by atoms with Crippen LogP contribution in [0.25, 0.3) is 0 Å². The van der Waals surface area contributed by atoms with E-state index >= 15 is 0 Å². The number of thioether (sulfide) groups is 1. The van der Waals surface area contributed by atoms with Crippen LogP contribution in [0, 0.1) is 5.92 Å². The highest BCUT2D eigenvalue weighted by molar-refractivity contribution is 7.99. The smallest absolute Gasteiger partial charge is 0.242 e. The Morgan fingerprint density at radius 2 is 1.66 bits per heavy atom. The summed E-state index contributed by atoms with van der Waals surface area (Å²) in [6.07, 6.45) is 0. The van der Waals surface area contributed by atoms with Crippen LogP contribution in [0.15, 0.2) is 36.4 Å². The van der Waals surface area contributed by atoms with Gasteiger partial charge in [0.15, 0.2) is 0 Å². The van der Waals surface area contributed by atoms with Gasteiger partial charge in [-0.05, 0) is 48.2 Å². The summed E-state index contributed by atoms with van der Waals surface area (Å²) in [6.45, 7) is 6.47. The van der Waals surface area contributed by atoms with E-state index in [0.717, 1.165) is 5.56 Å². The van der Waals surface area contributed by atoms with Crippen LogP contribution in [0.3, 0.4) is 0 Å². The lowest BCUT2D eigenvalue weighted by Gasteiger charge is -2.29. The first-order chi connectivity index (χ1) is 15.1. The van der Waals surface area contributed by atoms with Crippen LogP contribution in [0.4, 0.5) is 0 Å². The normalized spacial score (nSPS) is 12.0. The molecule has 2 aromatic carbocycles. The zero-order valence-corrected chi connectivity index (χ0v) is 22.0. The molecule has 4 nitrogen and oxygen atoms in total. The molecule has 0 heterocycles. The van der Waals surface area contributed by atoms with Crippen molar-refractivity contribution < 1.29 is 9.59 Å². The third-order valence-corrected chi connectivity index (χ3v) is 6.98. The summed E-state index contributed by atoms with van der Waals surface area (Å²) in [7, 11) is 0. The quantitative estimate of drug-likeness (QED) is 0.367. The lowest BCUT2D eigenvalue weighted by molar-refractivity contribution is -0.138. The van der Waals surface area contributed by atoms with Gasteiger partial charge in [0.2, 0.25) is 11.8 Å². The van der Waals surface area contributed by atoms with Gasteiger partial charge in [-0.3, -0.25) is 9.59 Å². The van der Waals surface area contributed by atoms with Crippen molar-refractivity contribution in [2.24, 2.45) is 5.92 Å². The third-order valence-electron chi connectivity index (χ3n) is 4.74. The molecule has 0 spiro atoms. The maximum Gasteiger partial charge on any atom is 0.242 e. The van der Waals surface area contributed by atoms with Gasteiger partial charge in [0.1, 0.15) is 6.04 Å². The van der Waals surface area contributed by atoms with Crippen molar-refractivity contribution in [1.29, 1.82) is 0 Å². The van der Waals surface area contributed by atoms with Gasteiger partial charge in [-0.25, -0.2) is 0 Å². The van der Waals surface area contributed by atoms with Crippen LogP contribution >= 0.6 is 58.2 Å². The van der Waals surface area contributed by atoms with Crippen LogP contribution in [0.5, 0.6) is 0 Å². The molecule has 0 fully saturated rings. The maximum absolute atomic E-state index is 13.2. The van der Waals surface area contributed by atoms with Crippen LogP contribution < -0.4 is 5.32 Å². The summed E-state index contributed by atoms with van der Waals surface area (Å²) < 4.78 is 0. The predicted molar refractivity (Wildman–Crippen MR) is 137 cm³/mol. The molecule has 2 amide bonds. The Kier molecular flexibility index (Phi) is 11.0. The highest BCUT2D eigenvalue weighted by atomic mass is 35.5. The second-order valence-electron chi connectivity index (χ2n) is 7.77. The molecular weight excluding hydrogens is 510 g/mol. The topological polar surface area (TPSA) is 49.4 Å². The number of carbonyl (C=O) groups excluding carboxylic acids is 2. The van der Waals surface area contributed by atoms with E-state index in [-0.39, 0.29) is 24.1 Å². The summed E-state index contributed by atoms with van der Waals surface area (Å²) in [5.74, 6) is 0.548. The van der Waals surface area contributed by atoms with Gasteiger partial charge in [-0.1, -0.05) is 72.4 Å². The maximum atomic E-state index is 13.2. The minimum absolute atomic E-state index is 0.161. The molecule has 174 valence electrons. The molecule has 0 aliphatic heterocycles. The van der Waals surface area contributed by atoms with Crippen LogP contribution in [-0.4, -0.2) is 35.1 Å². The summed E-state index contributed by atoms with van der Waals surface area (Å²) in [4.78, 5) is 27.4. The molecule has 2 aromatic rings. The zero-order chi connectivity index (χ0) is 23.8. The number of nitrogens with zero attached hydrogens (tertiary/aromatic N) is 1. The molecule has 0 aliphatic carbocycles. The Bertz CT molecular complexity index is 935. The summed E-state index contributed by atoms with van der Waals surface area (Å²) in [5.41, 5.74) is 1.50. The molecule has 0 aromatic heterocycles. The number of carbonyl (C=O) groups is 2. The van der Waals surface area contributed by atoms with E-state index in [1.807, 2.05) is 13.8 Å². The van der Waals surface area contributed by atoms with Gasteiger partial charge in [0, 0.05) is 38.9 Å². The zero-order valence-electron chi connectivity index (χ0n) is 18.1. The minimum atomic E-state index is -0.669. The molecule has 2 rings (SSSR count). The first kappa shape index (κ1) is 27.1. The largest absolute Gasteiger partial charge is 0.354 e. The fourth-order valence-electron chi connectivity index (χ4n) is 2.86. The SMILES string of the molecule is CC(C)CNC(=O)[C@@H](C)N(Cc1ccc(Cl)cc1Cl)C(=O)CSCc1c(Cl)cccc1Cl. The fourth-order valence-corrected chi connectivity index (χ4v) is 4.98. The van der Waals surface area contributed by atoms with Gasteiger partial charge >= 0.3 is 0 Å². The molecular formula is C23H26Cl4N2O2S. The highest BCUT2D eigenvalue weighted by Gasteiger charge is 2.27. The van der Waals surface area contributed by atoms with E-state index in [1.165, 1.54) is 16.7 Å². The second-order valence-corrected chi connectivity index (χ2v) is 10.4. The summed E-state index contributed by atoms with van der Waals surface area (Å²) in [5, 5.41) is 4.96. The molecule has 1 N–H and O–H groups in total. The van der Waals surface area contributed by atoms with E-state index in [2.05, 4.69) is 5.32 Å². The lowest BCUT2D eigenvalue weighted by atomic mass is 10.1. The average molecular weight is 536 g/mol. The van der Waals surface area contributed by atoms with Gasteiger partial charge < -0.3 is 10.2 Å². The lowest BCUT2D eigenvalue weighted by Crippen LogP contribution is -2.48. The number of benzene rings is 2. The molecule has 0 saturated carbocycles. The summed E-state index contributed by atoms with van der Waals surface area (Å²) >= 11 is 26.2. The molecule has 1 atom stereocenters. The molecule has 0 bridgehead atoms. The predicted octanol–water partition coefficient (Wildman–Crippen LogP) is 6.72. The first-order valence-corrected chi connectivity index (χ1v) is 12.8. The van der Waals surface area contributed by atoms with Gasteiger partial charge in [0.25, 0.3) is 0 Å². The van der Waals surface area contributed by atoms with Crippen molar-refractivity contribution in [1.82, 2.24) is 10.2 Å². The average Bonchev–Trinajstić information content (AvgIpc) is 2.73. The monoisotopic (exact) mass is 534 g/mol.